The van der Waals surface area contributed by atoms with E-state index in [1.54, 1.807) is 22.3 Å². The van der Waals surface area contributed by atoms with E-state index in [9.17, 15) is 0 Å². The molecule has 0 amide bonds. The maximum atomic E-state index is 4.95. The van der Waals surface area contributed by atoms with Gasteiger partial charge in [0.25, 0.3) is 0 Å². The van der Waals surface area contributed by atoms with Crippen LogP contribution in [0.2, 0.25) is 0 Å². The Hall–Kier alpha value is 9.22. The number of aromatic nitrogens is 2. The molecule has 31 heavy (non-hydrogen) atoms. The maximum absolute atomic E-state index is 4.95. The van der Waals surface area contributed by atoms with E-state index < -0.39 is 0 Å². The molecule has 0 saturated heterocycles. The van der Waals surface area contributed by atoms with E-state index in [0.717, 1.165) is 0 Å². The number of hydrogen-bond donors (Lipinski definition) is 0. The van der Waals surface area contributed by atoms with E-state index in [1.807, 2.05) is 4.83 Å². The van der Waals surface area contributed by atoms with Crippen molar-refractivity contribution in [3.05, 3.63) is 23.3 Å². The topological polar surface area (TPSA) is 25.8 Å². The first-order valence-corrected chi connectivity index (χ1v) is 44.6. The Morgan fingerprint density at radius 2 is 0.806 bits per heavy atom. The summed E-state index contributed by atoms with van der Waals surface area (Å²) in [6.45, 7) is 4.88. The van der Waals surface area contributed by atoms with Crippen molar-refractivity contribution in [2.75, 3.05) is 0 Å². The van der Waals surface area contributed by atoms with Gasteiger partial charge in [-0.3, -0.25) is 0 Å². The molecule has 0 aliphatic carbocycles. The number of hydrogen-bond acceptors (Lipinski definition) is 3. The Bertz CT molecular complexity index is 1230. The first-order valence-electron chi connectivity index (χ1n) is 11.0. The van der Waals surface area contributed by atoms with Gasteiger partial charge in [-0.05, 0) is 0 Å². The number of nitrogens with zero attached hydrogens (tertiary/aromatic N) is 2. The van der Waals surface area contributed by atoms with Crippen molar-refractivity contribution in [3.8, 4) is 22.3 Å². The SMILES string of the molecule is Cc1[c]([RaH])[c]([RaH])c(-c2ccc(-c3[c]([RaH])[c]([RaH])c(C)[c]([RaH])[c]3[RaH])c3nsnc23)[c]([RaH])[c]1[RaH]. The van der Waals surface area contributed by atoms with Gasteiger partial charge in [-0.25, -0.2) is 0 Å². The van der Waals surface area contributed by atoms with Crippen LogP contribution in [-0.4, -0.2) is 8.75 Å². The van der Waals surface area contributed by atoms with Crippen LogP contribution in [0.3, 0.4) is 0 Å². The second-order valence-corrected chi connectivity index (χ2v) is 42.5. The summed E-state index contributed by atoms with van der Waals surface area (Å²) in [6.07, 6.45) is 0. The molecule has 0 atom stereocenters. The minimum atomic E-state index is 0.367. The molecule has 0 fully saturated rings. The molecule has 0 spiro atoms. The average Bonchev–Trinajstić information content (AvgIpc) is 3.25. The fourth-order valence-corrected chi connectivity index (χ4v) is 66.5. The van der Waals surface area contributed by atoms with Crippen LogP contribution in [0.4, 0.5) is 0 Å². The van der Waals surface area contributed by atoms with Crippen molar-refractivity contribution in [3.63, 3.8) is 0 Å². The fourth-order valence-electron chi connectivity index (χ4n) is 5.08. The Morgan fingerprint density at radius 1 is 0.516 bits per heavy atom. The molecule has 0 aliphatic rings. The monoisotopic (exact) mass is 2120 g/mol. The summed E-state index contributed by atoms with van der Waals surface area (Å²) in [6, 6.07) is 4.97. The molecule has 4 rings (SSSR count). The molecule has 0 unspecified atom stereocenters. The summed E-state index contributed by atoms with van der Waals surface area (Å²) in [5.74, 6) is 0. The fraction of sp³-hybridized carbons (Fsp3) is 0.100. The Balaban J connectivity index is 2.08. The van der Waals surface area contributed by atoms with Crippen LogP contribution in [0, 0.1) is 356 Å². The van der Waals surface area contributed by atoms with Crippen LogP contribution >= 0.6 is 11.7 Å². The molecule has 3 aromatic carbocycles. The van der Waals surface area contributed by atoms with Crippen molar-refractivity contribution in [2.24, 2.45) is 0 Å². The van der Waals surface area contributed by atoms with E-state index in [0.29, 0.717) is 342 Å². The van der Waals surface area contributed by atoms with Gasteiger partial charge in [-0.1, -0.05) is 0 Å². The molecular weight excluding hydrogens is 2110 g/mol. The molecule has 128 valence electrons. The van der Waals surface area contributed by atoms with Crippen molar-refractivity contribution in [1.82, 2.24) is 8.75 Å². The zero-order valence-electron chi connectivity index (χ0n) is 20.5. The molecule has 0 N–H and O–H groups in total. The van der Waals surface area contributed by atoms with E-state index in [1.165, 1.54) is 33.9 Å². The van der Waals surface area contributed by atoms with Crippen LogP contribution in [-0.2, 0) is 0 Å². The third-order valence-corrected chi connectivity index (χ3v) is 121. The van der Waals surface area contributed by atoms with E-state index in [4.69, 9.17) is 8.75 Å². The standard InChI is InChI=1S/C20H8N2S.8Ra.8H/c1-13-3-7-15(8-4-13)17-11-12-18(20-19(17)21-23-22-20)16-9-5-14(2)6-10-16;;;;;;;;;;;;;;;;/h11-12H,1-2H3;;;;;;;;;;;;;;;;. The van der Waals surface area contributed by atoms with Crippen molar-refractivity contribution < 1.29 is 342 Å². The van der Waals surface area contributed by atoms with Crippen LogP contribution < -0.4 is 4.83 Å². The first-order chi connectivity index (χ1) is 14.6. The summed E-state index contributed by atoms with van der Waals surface area (Å²) >= 11 is 4.63. The summed E-state index contributed by atoms with van der Waals surface area (Å²) in [7, 11) is 0. The molecule has 0 aliphatic heterocycles. The predicted octanol–water partition coefficient (Wildman–Crippen LogP) is -3.10. The van der Waals surface area contributed by atoms with Gasteiger partial charge in [0.1, 0.15) is 0 Å². The van der Waals surface area contributed by atoms with Gasteiger partial charge in [0.2, 0.25) is 0 Å². The molecule has 0 bridgehead atoms. The number of benzene rings is 3. The second kappa shape index (κ2) is 14.8. The zero-order chi connectivity index (χ0) is 22.8. The van der Waals surface area contributed by atoms with Gasteiger partial charge in [0.05, 0.1) is 0 Å². The van der Waals surface area contributed by atoms with Crippen LogP contribution in [0.25, 0.3) is 33.3 Å². The zero-order valence-corrected chi connectivity index (χ0v) is 87.0. The van der Waals surface area contributed by atoms with E-state index >= 15 is 0 Å². The van der Waals surface area contributed by atoms with Gasteiger partial charge in [0, 0.05) is 0 Å². The van der Waals surface area contributed by atoms with Crippen molar-refractivity contribution >= 4 is 27.6 Å². The molecule has 11 heteroatoms. The summed E-state index contributed by atoms with van der Waals surface area (Å²) in [5, 5.41) is 0. The first kappa shape index (κ1) is 33.1. The van der Waals surface area contributed by atoms with Gasteiger partial charge in [-0.2, -0.15) is 0 Å². The quantitative estimate of drug-likeness (QED) is 0.213. The third-order valence-electron chi connectivity index (χ3n) is 7.95. The number of rotatable bonds is 2. The average molecular weight is 2120 g/mol. The molecule has 4 aromatic rings. The van der Waals surface area contributed by atoms with Crippen LogP contribution in [0.15, 0.2) is 12.1 Å². The van der Waals surface area contributed by atoms with Gasteiger partial charge in [0.15, 0.2) is 0 Å². The molecule has 0 saturated carbocycles. The third kappa shape index (κ3) is 6.98. The van der Waals surface area contributed by atoms with Crippen molar-refractivity contribution in [2.45, 2.75) is 13.8 Å². The van der Waals surface area contributed by atoms with Gasteiger partial charge in [-0.15, -0.1) is 0 Å². The van der Waals surface area contributed by atoms with Crippen LogP contribution in [0.1, 0.15) is 11.1 Å². The summed E-state index contributed by atoms with van der Waals surface area (Å²) in [5.41, 5.74) is 12.2. The minimum absolute atomic E-state index is 0.367. The molecule has 1 aromatic heterocycles. The normalized spacial score (nSPS) is 11.0. The van der Waals surface area contributed by atoms with Crippen molar-refractivity contribution in [1.29, 1.82) is 0 Å². The molecule has 1 heterocycles. The molecule has 0 radical (unpaired) electrons. The number of fused-ring (bicyclic) bond motifs is 1. The summed E-state index contributed by atoms with van der Waals surface area (Å²) < 4.78 is 24.5. The Labute approximate surface area is 421 Å². The summed E-state index contributed by atoms with van der Waals surface area (Å²) in [4.78, 5) is 0. The van der Waals surface area contributed by atoms with Crippen LogP contribution in [0.5, 0.6) is 0 Å². The van der Waals surface area contributed by atoms with Gasteiger partial charge < -0.3 is 0 Å². The Kier molecular flexibility index (Phi) is 15.8. The predicted molar refractivity (Wildman–Crippen MR) is 106 cm³/mol. The molecular formula is C20H16N2Ra8S. The van der Waals surface area contributed by atoms with E-state index in [2.05, 4.69) is 26.0 Å². The molecule has 2 nitrogen and oxygen atoms in total. The Morgan fingerprint density at radius 3 is 1.10 bits per heavy atom. The van der Waals surface area contributed by atoms with Gasteiger partial charge >= 0.3 is 438 Å². The second-order valence-electron chi connectivity index (χ2n) is 9.12. The van der Waals surface area contributed by atoms with E-state index in [-0.39, 0.29) is 0 Å².